The van der Waals surface area contributed by atoms with Crippen LogP contribution in [0.15, 0.2) is 89.1 Å². The number of nitro benzene ring substituents is 1. The molecular weight excluding hydrogens is 330 g/mol. The molecule has 2 aromatic carbocycles. The average molecular weight is 345 g/mol. The second-order valence-electron chi connectivity index (χ2n) is 5.23. The topological polar surface area (TPSA) is 92.8 Å². The zero-order valence-electron chi connectivity index (χ0n) is 13.7. The first-order valence-corrected chi connectivity index (χ1v) is 7.81. The molecule has 1 N–H and O–H groups in total. The molecule has 3 rings (SSSR count). The summed E-state index contributed by atoms with van der Waals surface area (Å²) in [6.45, 7) is 0. The molecule has 0 saturated carbocycles. The second kappa shape index (κ2) is 8.29. The molecule has 26 heavy (non-hydrogen) atoms. The van der Waals surface area contributed by atoms with E-state index in [0.29, 0.717) is 17.1 Å². The average Bonchev–Trinajstić information content (AvgIpc) is 2.69. The number of non-ortho nitro benzene ring substituents is 1. The van der Waals surface area contributed by atoms with Gasteiger partial charge in [0.05, 0.1) is 16.8 Å². The van der Waals surface area contributed by atoms with Gasteiger partial charge in [-0.05, 0) is 24.3 Å². The number of aliphatic imine (C=N–C) groups is 1. The maximum absolute atomic E-state index is 10.8. The smallest absolute Gasteiger partial charge is 0.260 e. The zero-order chi connectivity index (χ0) is 18.2. The van der Waals surface area contributed by atoms with Gasteiger partial charge in [-0.25, -0.2) is 4.99 Å². The predicted octanol–water partition coefficient (Wildman–Crippen LogP) is 3.69. The summed E-state index contributed by atoms with van der Waals surface area (Å²) in [6, 6.07) is 21.1. The molecule has 0 aliphatic heterocycles. The van der Waals surface area contributed by atoms with Crippen molar-refractivity contribution in [3.8, 4) is 0 Å². The lowest BCUT2D eigenvalue weighted by atomic mass is 10.2. The number of rotatable bonds is 5. The summed E-state index contributed by atoms with van der Waals surface area (Å²) in [7, 11) is 0. The van der Waals surface area contributed by atoms with Gasteiger partial charge in [-0.3, -0.25) is 20.5 Å². The first-order valence-electron chi connectivity index (χ1n) is 7.81. The fraction of sp³-hybridized carbons (Fsp3) is 0. The van der Waals surface area contributed by atoms with Gasteiger partial charge in [-0.15, -0.1) is 0 Å². The quantitative estimate of drug-likeness (QED) is 0.330. The number of hydrogen-bond acceptors (Lipinski definition) is 5. The third kappa shape index (κ3) is 4.57. The van der Waals surface area contributed by atoms with E-state index in [0.717, 1.165) is 5.69 Å². The Bertz CT molecular complexity index is 940. The van der Waals surface area contributed by atoms with Crippen molar-refractivity contribution in [2.24, 2.45) is 10.1 Å². The van der Waals surface area contributed by atoms with Crippen molar-refractivity contribution in [1.82, 2.24) is 10.4 Å². The molecular formula is C19H15N5O2. The summed E-state index contributed by atoms with van der Waals surface area (Å²) in [5.74, 6) is 0.471. The van der Waals surface area contributed by atoms with Gasteiger partial charge in [0.15, 0.2) is 5.84 Å². The number of nitrogens with zero attached hydrogens (tertiary/aromatic N) is 4. The van der Waals surface area contributed by atoms with Crippen LogP contribution in [-0.2, 0) is 0 Å². The van der Waals surface area contributed by atoms with Crippen LogP contribution in [0.2, 0.25) is 0 Å². The van der Waals surface area contributed by atoms with Gasteiger partial charge in [-0.2, -0.15) is 5.10 Å². The highest BCUT2D eigenvalue weighted by atomic mass is 16.6. The van der Waals surface area contributed by atoms with Gasteiger partial charge in [0.1, 0.15) is 5.69 Å². The van der Waals surface area contributed by atoms with Crippen LogP contribution in [0, 0.1) is 10.1 Å². The Morgan fingerprint density at radius 2 is 1.85 bits per heavy atom. The number of para-hydroxylation sites is 1. The third-order valence-electron chi connectivity index (χ3n) is 3.37. The Labute approximate surface area is 149 Å². The Hall–Kier alpha value is -3.87. The van der Waals surface area contributed by atoms with Gasteiger partial charge in [0.25, 0.3) is 5.69 Å². The summed E-state index contributed by atoms with van der Waals surface area (Å²) < 4.78 is 0. The van der Waals surface area contributed by atoms with E-state index in [-0.39, 0.29) is 5.69 Å². The third-order valence-corrected chi connectivity index (χ3v) is 3.37. The Balaban J connectivity index is 1.84. The van der Waals surface area contributed by atoms with Gasteiger partial charge in [0.2, 0.25) is 0 Å². The highest BCUT2D eigenvalue weighted by molar-refractivity contribution is 5.99. The molecule has 0 atom stereocenters. The van der Waals surface area contributed by atoms with Crippen LogP contribution in [0.4, 0.5) is 11.4 Å². The second-order valence-corrected chi connectivity index (χ2v) is 5.23. The number of nitro groups is 1. The molecule has 0 fully saturated rings. The minimum atomic E-state index is -0.444. The Morgan fingerprint density at radius 3 is 2.58 bits per heavy atom. The molecule has 128 valence electrons. The van der Waals surface area contributed by atoms with E-state index in [1.807, 2.05) is 48.5 Å². The van der Waals surface area contributed by atoms with Crippen molar-refractivity contribution in [3.63, 3.8) is 0 Å². The van der Waals surface area contributed by atoms with Crippen LogP contribution in [0.5, 0.6) is 0 Å². The van der Waals surface area contributed by atoms with E-state index in [9.17, 15) is 10.1 Å². The Kier molecular flexibility index (Phi) is 5.41. The molecule has 1 heterocycles. The van der Waals surface area contributed by atoms with Crippen LogP contribution in [0.1, 0.15) is 11.3 Å². The van der Waals surface area contributed by atoms with Crippen LogP contribution >= 0.6 is 0 Å². The van der Waals surface area contributed by atoms with Gasteiger partial charge in [0, 0.05) is 23.9 Å². The number of amidine groups is 1. The van der Waals surface area contributed by atoms with Crippen molar-refractivity contribution in [2.75, 3.05) is 0 Å². The first kappa shape index (κ1) is 17.0. The maximum Gasteiger partial charge on any atom is 0.270 e. The lowest BCUT2D eigenvalue weighted by molar-refractivity contribution is -0.384. The number of hydrazone groups is 1. The fourth-order valence-corrected chi connectivity index (χ4v) is 2.16. The van der Waals surface area contributed by atoms with Crippen LogP contribution in [0.3, 0.4) is 0 Å². The summed E-state index contributed by atoms with van der Waals surface area (Å²) in [6.07, 6.45) is 3.16. The summed E-state index contributed by atoms with van der Waals surface area (Å²) in [4.78, 5) is 19.2. The summed E-state index contributed by atoms with van der Waals surface area (Å²) in [5, 5.41) is 15.0. The number of benzene rings is 2. The highest BCUT2D eigenvalue weighted by Crippen LogP contribution is 2.13. The molecule has 7 heteroatoms. The van der Waals surface area contributed by atoms with Crippen LogP contribution < -0.4 is 5.43 Å². The molecule has 0 amide bonds. The van der Waals surface area contributed by atoms with E-state index in [4.69, 9.17) is 0 Å². The van der Waals surface area contributed by atoms with Crippen molar-refractivity contribution in [1.29, 1.82) is 0 Å². The van der Waals surface area contributed by atoms with Crippen molar-refractivity contribution in [3.05, 3.63) is 100 Å². The molecule has 0 unspecified atom stereocenters. The standard InChI is InChI=1S/C19H15N5O2/c25-24(26)17-10-6-7-15(13-17)14-21-23-19(18-11-4-5-12-20-18)22-16-8-2-1-3-9-16/h1-14H,(H,22,23)/b21-14-. The van der Waals surface area contributed by atoms with E-state index in [1.165, 1.54) is 18.3 Å². The van der Waals surface area contributed by atoms with Gasteiger partial charge < -0.3 is 0 Å². The SMILES string of the molecule is O=[N+]([O-])c1cccc(/C=N\NC(=Nc2ccccc2)c2ccccn2)c1. The van der Waals surface area contributed by atoms with Crippen LogP contribution in [0.25, 0.3) is 0 Å². The summed E-state index contributed by atoms with van der Waals surface area (Å²) >= 11 is 0. The minimum absolute atomic E-state index is 0.0110. The van der Waals surface area contributed by atoms with Crippen molar-refractivity contribution in [2.45, 2.75) is 0 Å². The highest BCUT2D eigenvalue weighted by Gasteiger charge is 2.05. The molecule has 0 aliphatic carbocycles. The van der Waals surface area contributed by atoms with Crippen molar-refractivity contribution >= 4 is 23.4 Å². The molecule has 0 saturated heterocycles. The number of aromatic nitrogens is 1. The molecule has 0 bridgehead atoms. The normalized spacial score (nSPS) is 11.5. The Morgan fingerprint density at radius 1 is 1.04 bits per heavy atom. The molecule has 0 spiro atoms. The lowest BCUT2D eigenvalue weighted by Crippen LogP contribution is -2.20. The van der Waals surface area contributed by atoms with Crippen LogP contribution in [-0.4, -0.2) is 22.0 Å². The van der Waals surface area contributed by atoms with E-state index < -0.39 is 4.92 Å². The maximum atomic E-state index is 10.8. The van der Waals surface area contributed by atoms with Gasteiger partial charge in [-0.1, -0.05) is 36.4 Å². The van der Waals surface area contributed by atoms with Gasteiger partial charge >= 0.3 is 0 Å². The monoisotopic (exact) mass is 345 g/mol. The first-order chi connectivity index (χ1) is 12.7. The molecule has 0 radical (unpaired) electrons. The van der Waals surface area contributed by atoms with E-state index in [2.05, 4.69) is 20.5 Å². The largest absolute Gasteiger partial charge is 0.270 e. The minimum Gasteiger partial charge on any atom is -0.260 e. The number of pyridine rings is 1. The lowest BCUT2D eigenvalue weighted by Gasteiger charge is -2.05. The van der Waals surface area contributed by atoms with Crippen molar-refractivity contribution < 1.29 is 4.92 Å². The molecule has 3 aromatic rings. The fourth-order valence-electron chi connectivity index (χ4n) is 2.16. The number of hydrogen-bond donors (Lipinski definition) is 1. The molecule has 0 aliphatic rings. The summed E-state index contributed by atoms with van der Waals surface area (Å²) in [5.41, 5.74) is 4.87. The van der Waals surface area contributed by atoms with E-state index >= 15 is 0 Å². The predicted molar refractivity (Wildman–Crippen MR) is 101 cm³/mol. The molecule has 7 nitrogen and oxygen atoms in total. The molecule has 1 aromatic heterocycles. The van der Waals surface area contributed by atoms with E-state index in [1.54, 1.807) is 18.3 Å². The number of nitrogens with one attached hydrogen (secondary N) is 1. The zero-order valence-corrected chi connectivity index (χ0v) is 13.7.